The Kier molecular flexibility index (Phi) is 11.1. The molecule has 2 fully saturated rings. The van der Waals surface area contributed by atoms with Crippen molar-refractivity contribution in [3.05, 3.63) is 131 Å². The molecule has 0 unspecified atom stereocenters. The standard InChI is InChI=1S/C51H54N4O.Pd/c1-33-28-39(55-35(3)49(34(2)53-55)50-42(36-16-9-7-10-17-36)21-15-22-43(50)37-18-11-8-12-19-37)31-41(29-33)56-40-24-25-45-44-20-13-14-23-46(44)54(47(45)32-40)48-30-38(26-27-52-48)51(4,5)6;/h13-15,20-30,36-37H,7-12,16-19H2,1-6H3;/q-2;+2. The SMILES string of the molecule is Cc1cc(Oc2[c-]c3c(cc2)c2ccccc2n3-c2cc(C(C)(C)C)ccn2)[c-]c(-n2nc(C)c(-c3c(C4CCCCC4)cccc3C3CCCCC3)c2C)c1.[Pd+2]. The van der Waals surface area contributed by atoms with Gasteiger partial charge in [0.15, 0.2) is 0 Å². The summed E-state index contributed by atoms with van der Waals surface area (Å²) in [5, 5.41) is 7.54. The van der Waals surface area contributed by atoms with E-state index >= 15 is 0 Å². The Morgan fingerprint density at radius 2 is 1.37 bits per heavy atom. The fourth-order valence-corrected chi connectivity index (χ4v) is 9.75. The van der Waals surface area contributed by atoms with Crippen molar-refractivity contribution in [2.24, 2.45) is 0 Å². The van der Waals surface area contributed by atoms with Crippen LogP contribution in [0.5, 0.6) is 11.5 Å². The summed E-state index contributed by atoms with van der Waals surface area (Å²) in [4.78, 5) is 4.86. The third-order valence-electron chi connectivity index (χ3n) is 12.6. The number of para-hydroxylation sites is 1. The van der Waals surface area contributed by atoms with E-state index in [1.807, 2.05) is 12.3 Å². The van der Waals surface area contributed by atoms with Crippen LogP contribution in [0.3, 0.4) is 0 Å². The summed E-state index contributed by atoms with van der Waals surface area (Å²) in [6.45, 7) is 13.3. The van der Waals surface area contributed by atoms with Crippen molar-refractivity contribution in [1.82, 2.24) is 19.3 Å². The summed E-state index contributed by atoms with van der Waals surface area (Å²) in [6, 6.07) is 35.7. The molecule has 0 saturated heterocycles. The van der Waals surface area contributed by atoms with Crippen LogP contribution in [0.2, 0.25) is 0 Å². The average molecular weight is 845 g/mol. The molecule has 294 valence electrons. The van der Waals surface area contributed by atoms with E-state index in [4.69, 9.17) is 14.8 Å². The molecule has 0 radical (unpaired) electrons. The zero-order chi connectivity index (χ0) is 38.6. The molecular weight excluding hydrogens is 791 g/mol. The van der Waals surface area contributed by atoms with Gasteiger partial charge in [0.1, 0.15) is 5.82 Å². The molecular formula is C51H54N4OPd. The second-order valence-corrected chi connectivity index (χ2v) is 17.5. The number of aromatic nitrogens is 4. The minimum Gasteiger partial charge on any atom is -0.509 e. The summed E-state index contributed by atoms with van der Waals surface area (Å²) in [5.41, 5.74) is 13.3. The summed E-state index contributed by atoms with van der Waals surface area (Å²) in [6.07, 6.45) is 15.0. The number of nitrogens with zero attached hydrogens (tertiary/aromatic N) is 4. The van der Waals surface area contributed by atoms with Gasteiger partial charge in [-0.1, -0.05) is 108 Å². The molecule has 5 nitrogen and oxygen atoms in total. The fraction of sp³-hybridized carbons (Fsp3) is 0.373. The van der Waals surface area contributed by atoms with E-state index in [0.29, 0.717) is 23.3 Å². The zero-order valence-electron chi connectivity index (χ0n) is 34.3. The van der Waals surface area contributed by atoms with Crippen molar-refractivity contribution >= 4 is 21.8 Å². The Balaban J connectivity index is 0.00000455. The predicted octanol–water partition coefficient (Wildman–Crippen LogP) is 13.7. The number of hydrogen-bond acceptors (Lipinski definition) is 3. The second-order valence-electron chi connectivity index (χ2n) is 17.5. The number of benzene rings is 4. The summed E-state index contributed by atoms with van der Waals surface area (Å²) in [5.74, 6) is 3.37. The van der Waals surface area contributed by atoms with Crippen LogP contribution in [-0.4, -0.2) is 19.3 Å². The monoisotopic (exact) mass is 844 g/mol. The maximum absolute atomic E-state index is 6.67. The van der Waals surface area contributed by atoms with Crippen molar-refractivity contribution in [2.75, 3.05) is 0 Å². The van der Waals surface area contributed by atoms with Gasteiger partial charge in [-0.25, -0.2) is 4.98 Å². The Morgan fingerprint density at radius 3 is 2.05 bits per heavy atom. The molecule has 2 saturated carbocycles. The maximum Gasteiger partial charge on any atom is 2.00 e. The van der Waals surface area contributed by atoms with Crippen LogP contribution >= 0.6 is 0 Å². The molecule has 3 heterocycles. The van der Waals surface area contributed by atoms with Crippen LogP contribution in [0.4, 0.5) is 0 Å². The Bertz CT molecular complexity index is 2520. The molecule has 3 aromatic heterocycles. The first-order chi connectivity index (χ1) is 27.1. The quantitative estimate of drug-likeness (QED) is 0.119. The van der Waals surface area contributed by atoms with E-state index in [0.717, 1.165) is 50.3 Å². The largest absolute Gasteiger partial charge is 2.00 e. The number of pyridine rings is 1. The van der Waals surface area contributed by atoms with E-state index in [-0.39, 0.29) is 25.8 Å². The van der Waals surface area contributed by atoms with Gasteiger partial charge < -0.3 is 9.30 Å². The van der Waals surface area contributed by atoms with Crippen molar-refractivity contribution in [3.8, 4) is 34.1 Å². The van der Waals surface area contributed by atoms with Gasteiger partial charge in [-0.3, -0.25) is 4.68 Å². The van der Waals surface area contributed by atoms with Gasteiger partial charge in [0.25, 0.3) is 0 Å². The minimum absolute atomic E-state index is 0. The van der Waals surface area contributed by atoms with Crippen LogP contribution in [0.15, 0.2) is 85.1 Å². The van der Waals surface area contributed by atoms with E-state index in [9.17, 15) is 0 Å². The van der Waals surface area contributed by atoms with Crippen molar-refractivity contribution in [1.29, 1.82) is 0 Å². The molecule has 9 rings (SSSR count). The van der Waals surface area contributed by atoms with E-state index in [1.165, 1.54) is 80.9 Å². The van der Waals surface area contributed by atoms with Gasteiger partial charge in [0.05, 0.1) is 5.69 Å². The zero-order valence-corrected chi connectivity index (χ0v) is 35.9. The first kappa shape index (κ1) is 39.3. The molecule has 0 spiro atoms. The smallest absolute Gasteiger partial charge is 0.509 e. The Labute approximate surface area is 352 Å². The molecule has 7 aromatic rings. The van der Waals surface area contributed by atoms with Crippen LogP contribution in [-0.2, 0) is 25.8 Å². The molecule has 0 N–H and O–H groups in total. The molecule has 0 atom stereocenters. The van der Waals surface area contributed by atoms with Gasteiger partial charge in [-0.15, -0.1) is 35.7 Å². The molecule has 6 heteroatoms. The van der Waals surface area contributed by atoms with Crippen molar-refractivity contribution in [3.63, 3.8) is 0 Å². The molecule has 0 amide bonds. The van der Waals surface area contributed by atoms with Gasteiger partial charge in [-0.2, -0.15) is 16.7 Å². The van der Waals surface area contributed by atoms with Crippen LogP contribution < -0.4 is 4.74 Å². The molecule has 0 aliphatic heterocycles. The second kappa shape index (κ2) is 16.0. The molecule has 0 bridgehead atoms. The normalized spacial score (nSPS) is 15.6. The number of fused-ring (bicyclic) bond motifs is 3. The summed E-state index contributed by atoms with van der Waals surface area (Å²) in [7, 11) is 0. The van der Waals surface area contributed by atoms with Gasteiger partial charge in [0, 0.05) is 34.5 Å². The minimum atomic E-state index is -0.00414. The van der Waals surface area contributed by atoms with Crippen LogP contribution in [0.25, 0.3) is 44.4 Å². The Morgan fingerprint density at radius 1 is 0.684 bits per heavy atom. The van der Waals surface area contributed by atoms with E-state index < -0.39 is 0 Å². The van der Waals surface area contributed by atoms with E-state index in [2.05, 4.69) is 136 Å². The summed E-state index contributed by atoms with van der Waals surface area (Å²) < 4.78 is 11.0. The van der Waals surface area contributed by atoms with E-state index in [1.54, 1.807) is 11.1 Å². The number of ether oxygens (including phenoxy) is 1. The number of aryl methyl sites for hydroxylation is 2. The first-order valence-corrected chi connectivity index (χ1v) is 21.0. The van der Waals surface area contributed by atoms with Gasteiger partial charge in [-0.05, 0) is 108 Å². The van der Waals surface area contributed by atoms with Gasteiger partial charge in [0.2, 0.25) is 0 Å². The van der Waals surface area contributed by atoms with Crippen LogP contribution in [0, 0.1) is 32.9 Å². The molecule has 2 aliphatic rings. The van der Waals surface area contributed by atoms with Crippen molar-refractivity contribution < 1.29 is 25.2 Å². The van der Waals surface area contributed by atoms with Gasteiger partial charge >= 0.3 is 20.4 Å². The summed E-state index contributed by atoms with van der Waals surface area (Å²) >= 11 is 0. The van der Waals surface area contributed by atoms with Crippen LogP contribution in [0.1, 0.15) is 130 Å². The molecule has 2 aliphatic carbocycles. The van der Waals surface area contributed by atoms with Crippen molar-refractivity contribution in [2.45, 2.75) is 123 Å². The molecule has 57 heavy (non-hydrogen) atoms. The predicted molar refractivity (Wildman–Crippen MR) is 230 cm³/mol. The third-order valence-corrected chi connectivity index (χ3v) is 12.6. The Hall–Kier alpha value is -4.50. The maximum atomic E-state index is 6.67. The number of rotatable bonds is 7. The third kappa shape index (κ3) is 7.53. The fourth-order valence-electron chi connectivity index (χ4n) is 9.75. The average Bonchev–Trinajstić information content (AvgIpc) is 3.70. The first-order valence-electron chi connectivity index (χ1n) is 21.0. The molecule has 4 aromatic carbocycles. The topological polar surface area (TPSA) is 44.9 Å². The number of hydrogen-bond donors (Lipinski definition) is 0.